The summed E-state index contributed by atoms with van der Waals surface area (Å²) < 4.78 is 11.2. The number of ether oxygens (including phenoxy) is 2. The van der Waals surface area contributed by atoms with E-state index in [2.05, 4.69) is 36.6 Å². The van der Waals surface area contributed by atoms with Crippen LogP contribution < -0.4 is 10.1 Å². The Kier molecular flexibility index (Phi) is 9.16. The van der Waals surface area contributed by atoms with Crippen molar-refractivity contribution >= 4 is 21.0 Å². The highest BCUT2D eigenvalue weighted by atomic mass is 31.0. The van der Waals surface area contributed by atoms with E-state index in [-0.39, 0.29) is 12.0 Å². The van der Waals surface area contributed by atoms with Crippen LogP contribution in [0.1, 0.15) is 86.3 Å². The molecule has 5 rings (SSSR count). The number of carbonyl (C=O) groups excluding carboxylic acids is 1. The van der Waals surface area contributed by atoms with Gasteiger partial charge in [-0.3, -0.25) is 9.88 Å². The van der Waals surface area contributed by atoms with Gasteiger partial charge in [0, 0.05) is 53.8 Å². The first kappa shape index (κ1) is 27.3. The van der Waals surface area contributed by atoms with Gasteiger partial charge in [0.25, 0.3) is 0 Å². The Morgan fingerprint density at radius 3 is 2.95 bits per heavy atom. The molecule has 0 aromatic carbocycles. The molecule has 4 heterocycles. The average Bonchev–Trinajstić information content (AvgIpc) is 3.68. The number of pyridine rings is 2. The van der Waals surface area contributed by atoms with E-state index in [1.54, 1.807) is 7.11 Å². The first-order valence-electron chi connectivity index (χ1n) is 14.5. The van der Waals surface area contributed by atoms with Crippen molar-refractivity contribution in [1.29, 1.82) is 0 Å². The molecule has 1 saturated heterocycles. The molecule has 2 aromatic rings. The Bertz CT molecular complexity index is 1090. The second kappa shape index (κ2) is 12.7. The smallest absolute Gasteiger partial charge is 0.328 e. The SMILES string of the molecule is CCOC(=O)C(c1cccnc1C1CC1)N1CC[C@@H](C(P)CCCCc2cc(OC)c3c(n2)NCCC3)C1. The molecular formula is C30H43N4O3P. The maximum Gasteiger partial charge on any atom is 0.328 e. The van der Waals surface area contributed by atoms with Crippen LogP contribution in [0.4, 0.5) is 5.82 Å². The number of likely N-dealkylation sites (tertiary alicyclic amines) is 1. The molecular weight excluding hydrogens is 495 g/mol. The van der Waals surface area contributed by atoms with Gasteiger partial charge in [0.1, 0.15) is 17.6 Å². The van der Waals surface area contributed by atoms with Gasteiger partial charge in [-0.15, -0.1) is 9.24 Å². The number of fused-ring (bicyclic) bond motifs is 1. The molecule has 3 unspecified atom stereocenters. The highest BCUT2D eigenvalue weighted by molar-refractivity contribution is 7.17. The van der Waals surface area contributed by atoms with Crippen LogP contribution in [0.5, 0.6) is 5.75 Å². The van der Waals surface area contributed by atoms with Crippen LogP contribution in [-0.2, 0) is 22.4 Å². The van der Waals surface area contributed by atoms with E-state index in [1.807, 2.05) is 19.2 Å². The molecule has 0 spiro atoms. The van der Waals surface area contributed by atoms with Crippen molar-refractivity contribution in [2.75, 3.05) is 38.7 Å². The van der Waals surface area contributed by atoms with Crippen LogP contribution in [0, 0.1) is 5.92 Å². The lowest BCUT2D eigenvalue weighted by Crippen LogP contribution is -2.35. The summed E-state index contributed by atoms with van der Waals surface area (Å²) in [5, 5.41) is 3.44. The summed E-state index contributed by atoms with van der Waals surface area (Å²) in [6, 6.07) is 5.83. The molecule has 1 N–H and O–H groups in total. The average molecular weight is 539 g/mol. The van der Waals surface area contributed by atoms with Gasteiger partial charge >= 0.3 is 5.97 Å². The zero-order chi connectivity index (χ0) is 26.5. The van der Waals surface area contributed by atoms with Gasteiger partial charge in [-0.2, -0.15) is 0 Å². The molecule has 8 heteroatoms. The Hall–Kier alpha value is -2.24. The molecule has 1 aliphatic carbocycles. The van der Waals surface area contributed by atoms with Crippen LogP contribution >= 0.6 is 9.24 Å². The molecule has 2 aliphatic heterocycles. The normalized spacial score (nSPS) is 20.9. The van der Waals surface area contributed by atoms with E-state index >= 15 is 0 Å². The predicted molar refractivity (Wildman–Crippen MR) is 154 cm³/mol. The lowest BCUT2D eigenvalue weighted by molar-refractivity contribution is -0.149. The fourth-order valence-corrected chi connectivity index (χ4v) is 6.69. The molecule has 4 atom stereocenters. The fraction of sp³-hybridized carbons (Fsp3) is 0.633. The van der Waals surface area contributed by atoms with Crippen molar-refractivity contribution in [3.63, 3.8) is 0 Å². The number of nitrogens with zero attached hydrogens (tertiary/aromatic N) is 3. The highest BCUT2D eigenvalue weighted by Gasteiger charge is 2.39. The number of aromatic nitrogens is 2. The molecule has 1 saturated carbocycles. The maximum atomic E-state index is 13.2. The predicted octanol–water partition coefficient (Wildman–Crippen LogP) is 5.30. The zero-order valence-corrected chi connectivity index (χ0v) is 24.1. The van der Waals surface area contributed by atoms with E-state index < -0.39 is 0 Å². The second-order valence-electron chi connectivity index (χ2n) is 11.0. The highest BCUT2D eigenvalue weighted by Crippen LogP contribution is 2.44. The molecule has 0 radical (unpaired) electrons. The molecule has 0 bridgehead atoms. The number of methoxy groups -OCH3 is 1. The van der Waals surface area contributed by atoms with Gasteiger partial charge in [-0.1, -0.05) is 12.5 Å². The molecule has 2 fully saturated rings. The van der Waals surface area contributed by atoms with Crippen molar-refractivity contribution in [2.24, 2.45) is 5.92 Å². The minimum atomic E-state index is -0.347. The third-order valence-electron chi connectivity index (χ3n) is 8.34. The third kappa shape index (κ3) is 6.31. The van der Waals surface area contributed by atoms with E-state index in [1.165, 1.54) is 18.4 Å². The van der Waals surface area contributed by atoms with Gasteiger partial charge in [-0.25, -0.2) is 9.78 Å². The van der Waals surface area contributed by atoms with E-state index in [0.29, 0.717) is 24.1 Å². The summed E-state index contributed by atoms with van der Waals surface area (Å²) in [5.74, 6) is 2.91. The van der Waals surface area contributed by atoms with Crippen molar-refractivity contribution < 1.29 is 14.3 Å². The maximum absolute atomic E-state index is 13.2. The Morgan fingerprint density at radius 2 is 2.16 bits per heavy atom. The number of unbranched alkanes of at least 4 members (excludes halogenated alkanes) is 1. The quantitative estimate of drug-likeness (QED) is 0.223. The molecule has 206 valence electrons. The number of nitrogens with one attached hydrogen (secondary N) is 1. The first-order valence-corrected chi connectivity index (χ1v) is 15.2. The summed E-state index contributed by atoms with van der Waals surface area (Å²) in [7, 11) is 4.86. The zero-order valence-electron chi connectivity index (χ0n) is 23.0. The molecule has 2 aromatic heterocycles. The Balaban J connectivity index is 1.16. The number of aryl methyl sites for hydroxylation is 1. The van der Waals surface area contributed by atoms with Crippen molar-refractivity contribution in [1.82, 2.24) is 14.9 Å². The van der Waals surface area contributed by atoms with Gasteiger partial charge in [0.2, 0.25) is 0 Å². The summed E-state index contributed by atoms with van der Waals surface area (Å²) in [4.78, 5) is 25.1. The minimum Gasteiger partial charge on any atom is -0.496 e. The van der Waals surface area contributed by atoms with Crippen LogP contribution in [0.3, 0.4) is 0 Å². The van der Waals surface area contributed by atoms with E-state index in [0.717, 1.165) is 93.1 Å². The lowest BCUT2D eigenvalue weighted by Gasteiger charge is -2.28. The number of anilines is 1. The number of hydrogen-bond donors (Lipinski definition) is 1. The lowest BCUT2D eigenvalue weighted by atomic mass is 9.98. The molecule has 0 amide bonds. The summed E-state index contributed by atoms with van der Waals surface area (Å²) in [6.07, 6.45) is 11.9. The fourth-order valence-electron chi connectivity index (χ4n) is 6.14. The Labute approximate surface area is 229 Å². The summed E-state index contributed by atoms with van der Waals surface area (Å²) >= 11 is 0. The monoisotopic (exact) mass is 538 g/mol. The topological polar surface area (TPSA) is 76.6 Å². The summed E-state index contributed by atoms with van der Waals surface area (Å²) in [6.45, 7) is 5.12. The number of hydrogen-bond acceptors (Lipinski definition) is 7. The van der Waals surface area contributed by atoms with Gasteiger partial charge < -0.3 is 14.8 Å². The van der Waals surface area contributed by atoms with Crippen LogP contribution in [0.25, 0.3) is 0 Å². The van der Waals surface area contributed by atoms with Gasteiger partial charge in [-0.05, 0) is 82.5 Å². The second-order valence-corrected chi connectivity index (χ2v) is 11.9. The first-order chi connectivity index (χ1) is 18.6. The Morgan fingerprint density at radius 1 is 1.29 bits per heavy atom. The number of esters is 1. The van der Waals surface area contributed by atoms with Gasteiger partial charge in [0.15, 0.2) is 0 Å². The standard InChI is InChI=1S/C30H43N4O3P/c1-3-37-30(35)28(24-10-7-15-31-27(24)20-12-13-20)34-17-14-21(19-34)26(38)11-5-4-8-22-18-25(36-2)23-9-6-16-32-29(23)33-22/h7,10,15,18,20-21,26,28H,3-6,8-9,11-14,16-17,19,38H2,1-2H3,(H,32,33)/t21-,26?,28?/m1/s1. The van der Waals surface area contributed by atoms with Crippen LogP contribution in [0.15, 0.2) is 24.4 Å². The van der Waals surface area contributed by atoms with E-state index in [4.69, 9.17) is 14.5 Å². The molecule has 3 aliphatic rings. The van der Waals surface area contributed by atoms with Crippen molar-refractivity contribution in [2.45, 2.75) is 82.3 Å². The van der Waals surface area contributed by atoms with E-state index in [9.17, 15) is 4.79 Å². The van der Waals surface area contributed by atoms with Crippen molar-refractivity contribution in [3.8, 4) is 5.75 Å². The van der Waals surface area contributed by atoms with Gasteiger partial charge in [0.05, 0.1) is 13.7 Å². The molecule has 7 nitrogen and oxygen atoms in total. The molecule has 38 heavy (non-hydrogen) atoms. The van der Waals surface area contributed by atoms with Crippen LogP contribution in [-0.4, -0.2) is 59.8 Å². The number of rotatable bonds is 12. The summed E-state index contributed by atoms with van der Waals surface area (Å²) in [5.41, 5.74) is 5.01. The number of carbonyl (C=O) groups is 1. The minimum absolute atomic E-state index is 0.133. The van der Waals surface area contributed by atoms with Crippen molar-refractivity contribution in [3.05, 3.63) is 46.9 Å². The third-order valence-corrected chi connectivity index (χ3v) is 9.22. The van der Waals surface area contributed by atoms with Crippen LogP contribution in [0.2, 0.25) is 0 Å². The largest absolute Gasteiger partial charge is 0.496 e.